The molecule has 2 aliphatic heterocycles. The highest BCUT2D eigenvalue weighted by molar-refractivity contribution is 9.10. The maximum atomic E-state index is 12.5. The summed E-state index contributed by atoms with van der Waals surface area (Å²) in [6.45, 7) is 1.48. The van der Waals surface area contributed by atoms with Gasteiger partial charge in [0.25, 0.3) is 5.91 Å². The van der Waals surface area contributed by atoms with Crippen LogP contribution in [0.2, 0.25) is 0 Å². The first kappa shape index (κ1) is 15.6. The van der Waals surface area contributed by atoms with Crippen molar-refractivity contribution in [2.24, 2.45) is 5.16 Å². The largest absolute Gasteiger partial charge is 0.410 e. The number of fused-ring (bicyclic) bond motifs is 2. The Morgan fingerprint density at radius 1 is 1.16 bits per heavy atom. The smallest absolute Gasteiger partial charge is 0.258 e. The van der Waals surface area contributed by atoms with Crippen LogP contribution in [-0.4, -0.2) is 22.6 Å². The SMILES string of the molecule is CC(=O)c1ccc2c(c1)NC(=C1\C(=O)Nc3c(Br)cccc31)/C2=N/O. The van der Waals surface area contributed by atoms with Crippen molar-refractivity contribution in [3.05, 3.63) is 63.3 Å². The lowest BCUT2D eigenvalue weighted by molar-refractivity contribution is -0.110. The highest BCUT2D eigenvalue weighted by Crippen LogP contribution is 2.42. The molecular formula is C18H12BrN3O3. The van der Waals surface area contributed by atoms with Crippen LogP contribution in [-0.2, 0) is 4.79 Å². The van der Waals surface area contributed by atoms with Gasteiger partial charge in [-0.25, -0.2) is 0 Å². The summed E-state index contributed by atoms with van der Waals surface area (Å²) in [5, 5.41) is 18.8. The number of benzene rings is 2. The van der Waals surface area contributed by atoms with Crippen LogP contribution in [0.15, 0.2) is 51.7 Å². The highest BCUT2D eigenvalue weighted by Gasteiger charge is 2.35. The van der Waals surface area contributed by atoms with Crippen LogP contribution in [0.5, 0.6) is 0 Å². The molecule has 7 heteroatoms. The number of halogens is 1. The van der Waals surface area contributed by atoms with E-state index >= 15 is 0 Å². The lowest BCUT2D eigenvalue weighted by Crippen LogP contribution is -2.12. The number of rotatable bonds is 1. The zero-order valence-electron chi connectivity index (χ0n) is 13.1. The van der Waals surface area contributed by atoms with Gasteiger partial charge in [0.2, 0.25) is 0 Å². The minimum Gasteiger partial charge on any atom is -0.410 e. The van der Waals surface area contributed by atoms with Crippen molar-refractivity contribution >= 4 is 50.3 Å². The molecule has 25 heavy (non-hydrogen) atoms. The molecule has 2 heterocycles. The van der Waals surface area contributed by atoms with Crippen LogP contribution in [0.1, 0.15) is 28.4 Å². The maximum absolute atomic E-state index is 12.5. The maximum Gasteiger partial charge on any atom is 0.258 e. The summed E-state index contributed by atoms with van der Waals surface area (Å²) in [4.78, 5) is 24.1. The van der Waals surface area contributed by atoms with Gasteiger partial charge in [-0.2, -0.15) is 0 Å². The van der Waals surface area contributed by atoms with Crippen molar-refractivity contribution in [1.29, 1.82) is 0 Å². The Morgan fingerprint density at radius 2 is 1.96 bits per heavy atom. The van der Waals surface area contributed by atoms with Gasteiger partial charge in [0.1, 0.15) is 5.71 Å². The van der Waals surface area contributed by atoms with Crippen LogP contribution in [0.25, 0.3) is 5.57 Å². The Hall–Kier alpha value is -2.93. The molecule has 0 fully saturated rings. The number of nitrogens with one attached hydrogen (secondary N) is 2. The van der Waals surface area contributed by atoms with Gasteiger partial charge < -0.3 is 15.8 Å². The van der Waals surface area contributed by atoms with Gasteiger partial charge in [-0.3, -0.25) is 9.59 Å². The lowest BCUT2D eigenvalue weighted by Gasteiger charge is -2.05. The quantitative estimate of drug-likeness (QED) is 0.296. The molecule has 0 unspecified atom stereocenters. The molecule has 0 saturated carbocycles. The summed E-state index contributed by atoms with van der Waals surface area (Å²) in [5.41, 5.74) is 4.25. The van der Waals surface area contributed by atoms with Gasteiger partial charge in [0, 0.05) is 26.9 Å². The predicted molar refractivity (Wildman–Crippen MR) is 98.1 cm³/mol. The van der Waals surface area contributed by atoms with E-state index in [1.165, 1.54) is 6.92 Å². The summed E-state index contributed by atoms with van der Waals surface area (Å²) >= 11 is 3.42. The highest BCUT2D eigenvalue weighted by atomic mass is 79.9. The average Bonchev–Trinajstić information content (AvgIpc) is 3.11. The third-order valence-electron chi connectivity index (χ3n) is 4.28. The van der Waals surface area contributed by atoms with Gasteiger partial charge in [-0.05, 0) is 41.1 Å². The van der Waals surface area contributed by atoms with Crippen molar-refractivity contribution in [3.63, 3.8) is 0 Å². The number of anilines is 2. The Labute approximate surface area is 151 Å². The fourth-order valence-corrected chi connectivity index (χ4v) is 3.56. The third-order valence-corrected chi connectivity index (χ3v) is 4.94. The van der Waals surface area contributed by atoms with E-state index in [9.17, 15) is 14.8 Å². The summed E-state index contributed by atoms with van der Waals surface area (Å²) in [5.74, 6) is -0.355. The normalized spacial score (nSPS) is 19.4. The van der Waals surface area contributed by atoms with Gasteiger partial charge in [-0.15, -0.1) is 0 Å². The molecule has 0 aromatic heterocycles. The Kier molecular flexibility index (Phi) is 3.47. The van der Waals surface area contributed by atoms with E-state index in [1.54, 1.807) is 18.2 Å². The minimum atomic E-state index is -0.287. The molecule has 0 atom stereocenters. The zero-order valence-corrected chi connectivity index (χ0v) is 14.6. The summed E-state index contributed by atoms with van der Waals surface area (Å²) in [7, 11) is 0. The Balaban J connectivity index is 1.93. The lowest BCUT2D eigenvalue weighted by atomic mass is 10.0. The van der Waals surface area contributed by atoms with Gasteiger partial charge in [0.05, 0.1) is 17.0 Å². The van der Waals surface area contributed by atoms with Crippen LogP contribution < -0.4 is 10.6 Å². The van der Waals surface area contributed by atoms with Crippen LogP contribution in [0.4, 0.5) is 11.4 Å². The zero-order chi connectivity index (χ0) is 17.7. The second kappa shape index (κ2) is 5.56. The molecular weight excluding hydrogens is 386 g/mol. The average molecular weight is 398 g/mol. The number of hydrogen-bond donors (Lipinski definition) is 3. The number of carbonyl (C=O) groups excluding carboxylic acids is 2. The molecule has 2 aromatic carbocycles. The fraction of sp³-hybridized carbons (Fsp3) is 0.0556. The molecule has 1 amide bonds. The summed E-state index contributed by atoms with van der Waals surface area (Å²) in [6.07, 6.45) is 0. The number of Topliss-reactive ketones (excluding diaryl/α,β-unsaturated/α-hetero) is 1. The molecule has 2 aliphatic rings. The van der Waals surface area contributed by atoms with Crippen LogP contribution in [0, 0.1) is 0 Å². The topological polar surface area (TPSA) is 90.8 Å². The van der Waals surface area contributed by atoms with Crippen molar-refractivity contribution in [2.75, 3.05) is 10.6 Å². The Bertz CT molecular complexity index is 1020. The van der Waals surface area contributed by atoms with Gasteiger partial charge in [0.15, 0.2) is 5.78 Å². The van der Waals surface area contributed by atoms with Crippen LogP contribution in [0.3, 0.4) is 0 Å². The number of para-hydroxylation sites is 1. The molecule has 0 radical (unpaired) electrons. The third kappa shape index (κ3) is 2.27. The van der Waals surface area contributed by atoms with Crippen molar-refractivity contribution in [1.82, 2.24) is 0 Å². The summed E-state index contributed by atoms with van der Waals surface area (Å²) in [6, 6.07) is 10.5. The van der Waals surface area contributed by atoms with Gasteiger partial charge in [-0.1, -0.05) is 23.4 Å². The minimum absolute atomic E-state index is 0.0684. The predicted octanol–water partition coefficient (Wildman–Crippen LogP) is 3.62. The van der Waals surface area contributed by atoms with E-state index in [2.05, 4.69) is 31.7 Å². The standard InChI is InChI=1S/C18H12BrN3O3/c1-8(23)9-5-6-10-13(7-9)20-17(16(10)22-25)14-11-3-2-4-12(19)15(11)21-18(14)24/h2-7,20,25H,1H3,(H,21,24)/b17-14-,22-16+. The molecule has 2 aromatic rings. The van der Waals surface area contributed by atoms with E-state index in [4.69, 9.17) is 0 Å². The van der Waals surface area contributed by atoms with Crippen molar-refractivity contribution in [2.45, 2.75) is 6.92 Å². The number of ketones is 1. The second-order valence-electron chi connectivity index (χ2n) is 5.76. The molecule has 0 saturated heterocycles. The monoisotopic (exact) mass is 397 g/mol. The van der Waals surface area contributed by atoms with Crippen molar-refractivity contribution in [3.8, 4) is 0 Å². The number of oxime groups is 1. The number of nitrogens with zero attached hydrogens (tertiary/aromatic N) is 1. The fourth-order valence-electron chi connectivity index (χ4n) is 3.09. The van der Waals surface area contributed by atoms with E-state index in [1.807, 2.05) is 18.2 Å². The molecule has 0 aliphatic carbocycles. The Morgan fingerprint density at radius 3 is 2.68 bits per heavy atom. The molecule has 0 bridgehead atoms. The first-order valence-corrected chi connectivity index (χ1v) is 8.30. The number of carbonyl (C=O) groups is 2. The van der Waals surface area contributed by atoms with Gasteiger partial charge >= 0.3 is 0 Å². The second-order valence-corrected chi connectivity index (χ2v) is 6.61. The van der Waals surface area contributed by atoms with Crippen molar-refractivity contribution < 1.29 is 14.8 Å². The van der Waals surface area contributed by atoms with E-state index < -0.39 is 0 Å². The number of allylic oxidation sites excluding steroid dienone is 1. The number of amides is 1. The molecule has 3 N–H and O–H groups in total. The molecule has 4 rings (SSSR count). The number of hydrogen-bond acceptors (Lipinski definition) is 5. The molecule has 6 nitrogen and oxygen atoms in total. The molecule has 124 valence electrons. The van der Waals surface area contributed by atoms with E-state index in [0.717, 1.165) is 4.47 Å². The van der Waals surface area contributed by atoms with E-state index in [0.29, 0.717) is 39.3 Å². The van der Waals surface area contributed by atoms with Crippen LogP contribution >= 0.6 is 15.9 Å². The molecule has 0 spiro atoms. The first-order valence-electron chi connectivity index (χ1n) is 7.50. The first-order chi connectivity index (χ1) is 12.0. The summed E-state index contributed by atoms with van der Waals surface area (Å²) < 4.78 is 0.769. The van der Waals surface area contributed by atoms with E-state index in [-0.39, 0.29) is 17.4 Å².